The second kappa shape index (κ2) is 6.96. The molecule has 0 unspecified atom stereocenters. The van der Waals surface area contributed by atoms with Crippen molar-refractivity contribution in [3.8, 4) is 0 Å². The van der Waals surface area contributed by atoms with Gasteiger partial charge < -0.3 is 4.74 Å². The minimum atomic E-state index is 0.875. The highest BCUT2D eigenvalue weighted by Crippen LogP contribution is 1.93. The maximum Gasteiger partial charge on any atom is 0.0836 e. The van der Waals surface area contributed by atoms with E-state index in [9.17, 15) is 0 Å². The van der Waals surface area contributed by atoms with Gasteiger partial charge >= 0.3 is 0 Å². The van der Waals surface area contributed by atoms with Gasteiger partial charge in [0.05, 0.1) is 6.61 Å². The average molecular weight is 115 g/mol. The normalized spacial score (nSPS) is 9.75. The van der Waals surface area contributed by atoms with Crippen LogP contribution in [0.4, 0.5) is 0 Å². The molecule has 0 aliphatic heterocycles. The first kappa shape index (κ1) is 7.96. The van der Waals surface area contributed by atoms with E-state index < -0.39 is 0 Å². The molecule has 8 heavy (non-hydrogen) atoms. The fourth-order valence-corrected chi connectivity index (χ4v) is 0.402. The molecule has 0 saturated heterocycles. The Hall–Kier alpha value is -0.0400. The maximum atomic E-state index is 5.10. The smallest absolute Gasteiger partial charge is 0.0836 e. The standard InChI is InChI=1S/C7H15O/c1-3-5-7-8-6-4-2/h7H,3-6H2,1-2H3. The van der Waals surface area contributed by atoms with E-state index in [1.54, 1.807) is 0 Å². The number of hydrogen-bond donors (Lipinski definition) is 0. The van der Waals surface area contributed by atoms with E-state index in [1.807, 2.05) is 6.61 Å². The predicted molar refractivity (Wildman–Crippen MR) is 35.5 cm³/mol. The van der Waals surface area contributed by atoms with E-state index in [4.69, 9.17) is 4.74 Å². The van der Waals surface area contributed by atoms with Crippen LogP contribution in [0, 0.1) is 6.61 Å². The molecule has 1 radical (unpaired) electrons. The molecule has 0 aromatic carbocycles. The van der Waals surface area contributed by atoms with Crippen molar-refractivity contribution in [3.05, 3.63) is 6.61 Å². The molecule has 0 aromatic heterocycles. The van der Waals surface area contributed by atoms with Gasteiger partial charge in [0.25, 0.3) is 0 Å². The van der Waals surface area contributed by atoms with Crippen molar-refractivity contribution < 1.29 is 4.74 Å². The van der Waals surface area contributed by atoms with E-state index in [0.717, 1.165) is 19.4 Å². The topological polar surface area (TPSA) is 9.23 Å². The third-order valence-corrected chi connectivity index (χ3v) is 0.846. The van der Waals surface area contributed by atoms with Gasteiger partial charge in [0.1, 0.15) is 0 Å². The van der Waals surface area contributed by atoms with E-state index in [0.29, 0.717) is 0 Å². The molecule has 0 aromatic rings. The van der Waals surface area contributed by atoms with Crippen molar-refractivity contribution in [2.45, 2.75) is 33.1 Å². The highest BCUT2D eigenvalue weighted by molar-refractivity contribution is 4.46. The lowest BCUT2D eigenvalue weighted by Gasteiger charge is -1.96. The van der Waals surface area contributed by atoms with Gasteiger partial charge in [-0.25, -0.2) is 0 Å². The highest BCUT2D eigenvalue weighted by Gasteiger charge is 1.82. The van der Waals surface area contributed by atoms with Crippen molar-refractivity contribution in [1.29, 1.82) is 0 Å². The molecule has 0 fully saturated rings. The Kier molecular flexibility index (Phi) is 6.93. The molecule has 0 rings (SSSR count). The number of ether oxygens (including phenoxy) is 1. The minimum absolute atomic E-state index is 0.875. The lowest BCUT2D eigenvalue weighted by molar-refractivity contribution is 0.191. The lowest BCUT2D eigenvalue weighted by Crippen LogP contribution is -1.87. The molecule has 0 aliphatic carbocycles. The van der Waals surface area contributed by atoms with Crippen LogP contribution >= 0.6 is 0 Å². The van der Waals surface area contributed by atoms with Gasteiger partial charge in [0.15, 0.2) is 0 Å². The van der Waals surface area contributed by atoms with Crippen LogP contribution in [0.3, 0.4) is 0 Å². The van der Waals surface area contributed by atoms with Crippen molar-refractivity contribution in [2.75, 3.05) is 6.61 Å². The Morgan fingerprint density at radius 1 is 1.25 bits per heavy atom. The fraction of sp³-hybridized carbons (Fsp3) is 0.857. The van der Waals surface area contributed by atoms with Gasteiger partial charge in [-0.1, -0.05) is 20.3 Å². The summed E-state index contributed by atoms with van der Waals surface area (Å²) in [7, 11) is 0. The number of hydrogen-bond acceptors (Lipinski definition) is 1. The summed E-state index contributed by atoms with van der Waals surface area (Å²) in [6, 6.07) is 0. The summed E-state index contributed by atoms with van der Waals surface area (Å²) in [5, 5.41) is 0. The first-order chi connectivity index (χ1) is 3.91. The third-order valence-electron chi connectivity index (χ3n) is 0.846. The van der Waals surface area contributed by atoms with Crippen LogP contribution in [0.15, 0.2) is 0 Å². The second-order valence-corrected chi connectivity index (χ2v) is 1.83. The predicted octanol–water partition coefficient (Wildman–Crippen LogP) is 2.37. The van der Waals surface area contributed by atoms with Gasteiger partial charge in [-0.3, -0.25) is 0 Å². The third kappa shape index (κ3) is 5.96. The van der Waals surface area contributed by atoms with E-state index in [2.05, 4.69) is 13.8 Å². The molecule has 0 spiro atoms. The van der Waals surface area contributed by atoms with Crippen molar-refractivity contribution in [3.63, 3.8) is 0 Å². The zero-order valence-corrected chi connectivity index (χ0v) is 5.81. The molecule has 0 bridgehead atoms. The summed E-state index contributed by atoms with van der Waals surface area (Å²) < 4.78 is 5.10. The van der Waals surface area contributed by atoms with Gasteiger partial charge in [0, 0.05) is 6.61 Å². The van der Waals surface area contributed by atoms with Crippen molar-refractivity contribution >= 4 is 0 Å². The van der Waals surface area contributed by atoms with Crippen LogP contribution < -0.4 is 0 Å². The zero-order chi connectivity index (χ0) is 6.24. The quantitative estimate of drug-likeness (QED) is 0.500. The Bertz CT molecular complexity index is 29.4. The van der Waals surface area contributed by atoms with Gasteiger partial charge in [-0.15, -0.1) is 0 Å². The Morgan fingerprint density at radius 2 is 2.00 bits per heavy atom. The summed E-state index contributed by atoms with van der Waals surface area (Å²) in [6.45, 7) is 7.02. The fourth-order valence-electron chi connectivity index (χ4n) is 0.402. The van der Waals surface area contributed by atoms with E-state index >= 15 is 0 Å². The number of rotatable bonds is 5. The Balaban J connectivity index is 2.53. The summed E-state index contributed by atoms with van der Waals surface area (Å²) >= 11 is 0. The lowest BCUT2D eigenvalue weighted by atomic mass is 10.4. The van der Waals surface area contributed by atoms with Crippen molar-refractivity contribution in [2.24, 2.45) is 0 Å². The van der Waals surface area contributed by atoms with Crippen LogP contribution in [0.5, 0.6) is 0 Å². The van der Waals surface area contributed by atoms with Crippen LogP contribution in [-0.2, 0) is 4.74 Å². The molecule has 0 N–H and O–H groups in total. The average Bonchev–Trinajstić information content (AvgIpc) is 1.81. The Labute approximate surface area is 52.0 Å². The molecular formula is C7H15O. The molecule has 0 amide bonds. The van der Waals surface area contributed by atoms with Gasteiger partial charge in [-0.2, -0.15) is 0 Å². The second-order valence-electron chi connectivity index (χ2n) is 1.83. The van der Waals surface area contributed by atoms with Crippen LogP contribution in [0.1, 0.15) is 33.1 Å². The van der Waals surface area contributed by atoms with Gasteiger partial charge in [-0.05, 0) is 12.8 Å². The highest BCUT2D eigenvalue weighted by atomic mass is 16.5. The van der Waals surface area contributed by atoms with Crippen LogP contribution in [0.2, 0.25) is 0 Å². The molecule has 0 saturated carbocycles. The van der Waals surface area contributed by atoms with Crippen LogP contribution in [0.25, 0.3) is 0 Å². The molecular weight excluding hydrogens is 100 g/mol. The number of unbranched alkanes of at least 4 members (excludes halogenated alkanes) is 1. The minimum Gasteiger partial charge on any atom is -0.376 e. The summed E-state index contributed by atoms with van der Waals surface area (Å²) in [5.74, 6) is 0. The maximum absolute atomic E-state index is 5.10. The molecule has 1 nitrogen and oxygen atoms in total. The van der Waals surface area contributed by atoms with Crippen LogP contribution in [-0.4, -0.2) is 6.61 Å². The van der Waals surface area contributed by atoms with E-state index in [1.165, 1.54) is 6.42 Å². The molecule has 0 heterocycles. The summed E-state index contributed by atoms with van der Waals surface area (Å²) in [6.07, 6.45) is 3.38. The SMILES string of the molecule is CCC[CH]OCCC. The first-order valence-electron chi connectivity index (χ1n) is 3.35. The zero-order valence-electron chi connectivity index (χ0n) is 5.81. The first-order valence-corrected chi connectivity index (χ1v) is 3.35. The van der Waals surface area contributed by atoms with Gasteiger partial charge in [0.2, 0.25) is 0 Å². The molecule has 49 valence electrons. The molecule has 0 atom stereocenters. The Morgan fingerprint density at radius 3 is 2.50 bits per heavy atom. The summed E-state index contributed by atoms with van der Waals surface area (Å²) in [5.41, 5.74) is 0. The molecule has 1 heteroatoms. The van der Waals surface area contributed by atoms with Crippen molar-refractivity contribution in [1.82, 2.24) is 0 Å². The largest absolute Gasteiger partial charge is 0.376 e. The summed E-state index contributed by atoms with van der Waals surface area (Å²) in [4.78, 5) is 0. The molecule has 0 aliphatic rings. The monoisotopic (exact) mass is 115 g/mol. The van der Waals surface area contributed by atoms with E-state index in [-0.39, 0.29) is 0 Å².